The molecule has 2 aliphatic rings. The Hall–Kier alpha value is -1.60. The summed E-state index contributed by atoms with van der Waals surface area (Å²) in [6, 6.07) is 8.03. The normalized spacial score (nSPS) is 22.6. The van der Waals surface area contributed by atoms with E-state index in [2.05, 4.69) is 0 Å². The molecule has 0 aromatic heterocycles. The van der Waals surface area contributed by atoms with Gasteiger partial charge < -0.3 is 9.64 Å². The summed E-state index contributed by atoms with van der Waals surface area (Å²) in [7, 11) is -3.15. The highest BCUT2D eigenvalue weighted by molar-refractivity contribution is 7.88. The van der Waals surface area contributed by atoms with Crippen LogP contribution in [0.1, 0.15) is 31.2 Å². The highest BCUT2D eigenvalue weighted by atomic mass is 32.2. The molecule has 0 saturated carbocycles. The van der Waals surface area contributed by atoms with E-state index < -0.39 is 10.0 Å². The van der Waals surface area contributed by atoms with Crippen molar-refractivity contribution in [3.8, 4) is 5.75 Å². The molecule has 0 N–H and O–H groups in total. The summed E-state index contributed by atoms with van der Waals surface area (Å²) in [6.07, 6.45) is 4.54. The van der Waals surface area contributed by atoms with Crippen LogP contribution >= 0.6 is 0 Å². The first kappa shape index (κ1) is 20.1. The summed E-state index contributed by atoms with van der Waals surface area (Å²) in [6.45, 7) is 5.09. The average molecular weight is 395 g/mol. The monoisotopic (exact) mass is 394 g/mol. The van der Waals surface area contributed by atoms with Crippen LogP contribution in [0.25, 0.3) is 0 Å². The molecule has 1 aromatic rings. The number of piperidine rings is 2. The van der Waals surface area contributed by atoms with E-state index in [1.165, 1.54) is 16.1 Å². The maximum atomic E-state index is 12.9. The molecule has 0 radical (unpaired) electrons. The Balaban J connectivity index is 1.49. The van der Waals surface area contributed by atoms with Crippen molar-refractivity contribution < 1.29 is 17.9 Å². The van der Waals surface area contributed by atoms with Gasteiger partial charge in [0.15, 0.2) is 0 Å². The predicted molar refractivity (Wildman–Crippen MR) is 105 cm³/mol. The number of amides is 1. The molecule has 0 aliphatic carbocycles. The fraction of sp³-hybridized carbons (Fsp3) is 0.650. The predicted octanol–water partition coefficient (Wildman–Crippen LogP) is 2.28. The molecule has 27 heavy (non-hydrogen) atoms. The van der Waals surface area contributed by atoms with Crippen LogP contribution < -0.4 is 4.74 Å². The van der Waals surface area contributed by atoms with Crippen LogP contribution in [0.3, 0.4) is 0 Å². The molecule has 2 aliphatic heterocycles. The lowest BCUT2D eigenvalue weighted by molar-refractivity contribution is -0.138. The lowest BCUT2D eigenvalue weighted by atomic mass is 9.93. The van der Waals surface area contributed by atoms with E-state index in [0.29, 0.717) is 38.5 Å². The van der Waals surface area contributed by atoms with Gasteiger partial charge in [-0.1, -0.05) is 12.1 Å². The first-order valence-electron chi connectivity index (χ1n) is 9.76. The molecule has 7 heteroatoms. The molecule has 150 valence electrons. The molecule has 6 nitrogen and oxygen atoms in total. The Bertz CT molecular complexity index is 757. The van der Waals surface area contributed by atoms with Crippen LogP contribution in [-0.2, 0) is 14.8 Å². The smallest absolute Gasteiger partial charge is 0.225 e. The molecular weight excluding hydrogens is 364 g/mol. The van der Waals surface area contributed by atoms with E-state index in [4.69, 9.17) is 4.74 Å². The fourth-order valence-corrected chi connectivity index (χ4v) is 4.89. The van der Waals surface area contributed by atoms with Gasteiger partial charge in [0.05, 0.1) is 12.9 Å². The molecule has 3 rings (SSSR count). The Morgan fingerprint density at radius 2 is 1.93 bits per heavy atom. The molecule has 1 aromatic carbocycles. The minimum Gasteiger partial charge on any atom is -0.493 e. The third-order valence-electron chi connectivity index (χ3n) is 5.58. The van der Waals surface area contributed by atoms with Crippen molar-refractivity contribution in [3.05, 3.63) is 29.8 Å². The highest BCUT2D eigenvalue weighted by Crippen LogP contribution is 2.25. The van der Waals surface area contributed by atoms with Crippen molar-refractivity contribution in [2.75, 3.05) is 39.0 Å². The molecule has 2 fully saturated rings. The van der Waals surface area contributed by atoms with Gasteiger partial charge in [-0.05, 0) is 50.3 Å². The van der Waals surface area contributed by atoms with Crippen molar-refractivity contribution in [2.45, 2.75) is 32.6 Å². The molecule has 2 heterocycles. The number of benzene rings is 1. The summed E-state index contributed by atoms with van der Waals surface area (Å²) in [5.41, 5.74) is 1.17. The number of ether oxygens (including phenoxy) is 1. The second-order valence-corrected chi connectivity index (χ2v) is 9.84. The summed E-state index contributed by atoms with van der Waals surface area (Å²) in [5.74, 6) is 1.36. The van der Waals surface area contributed by atoms with Gasteiger partial charge in [-0.25, -0.2) is 12.7 Å². The summed E-state index contributed by atoms with van der Waals surface area (Å²) in [5, 5.41) is 0. The molecule has 1 atom stereocenters. The second kappa shape index (κ2) is 8.61. The van der Waals surface area contributed by atoms with E-state index in [1.807, 2.05) is 36.1 Å². The van der Waals surface area contributed by atoms with Gasteiger partial charge in [-0.2, -0.15) is 0 Å². The zero-order valence-corrected chi connectivity index (χ0v) is 17.1. The molecular formula is C20H30N2O4S. The fourth-order valence-electron chi connectivity index (χ4n) is 4.01. The summed E-state index contributed by atoms with van der Waals surface area (Å²) in [4.78, 5) is 14.9. The zero-order chi connectivity index (χ0) is 19.4. The van der Waals surface area contributed by atoms with Gasteiger partial charge in [0.25, 0.3) is 0 Å². The number of rotatable bonds is 5. The van der Waals surface area contributed by atoms with E-state index in [9.17, 15) is 13.2 Å². The first-order valence-corrected chi connectivity index (χ1v) is 11.6. The number of likely N-dealkylation sites (tertiary alicyclic amines) is 1. The molecule has 1 unspecified atom stereocenters. The highest BCUT2D eigenvalue weighted by Gasteiger charge is 2.33. The second-order valence-electron chi connectivity index (χ2n) is 7.86. The van der Waals surface area contributed by atoms with Gasteiger partial charge in [-0.15, -0.1) is 0 Å². The van der Waals surface area contributed by atoms with Gasteiger partial charge in [-0.3, -0.25) is 4.79 Å². The van der Waals surface area contributed by atoms with Crippen molar-refractivity contribution in [1.29, 1.82) is 0 Å². The maximum absolute atomic E-state index is 12.9. The Labute approximate surface area is 162 Å². The molecule has 0 spiro atoms. The summed E-state index contributed by atoms with van der Waals surface area (Å²) < 4.78 is 30.7. The topological polar surface area (TPSA) is 66.9 Å². The number of hydrogen-bond donors (Lipinski definition) is 0. The van der Waals surface area contributed by atoms with Crippen LogP contribution in [0.2, 0.25) is 0 Å². The van der Waals surface area contributed by atoms with Gasteiger partial charge >= 0.3 is 0 Å². The van der Waals surface area contributed by atoms with E-state index in [-0.39, 0.29) is 11.8 Å². The number of nitrogens with zero attached hydrogens (tertiary/aromatic N) is 2. The van der Waals surface area contributed by atoms with Crippen LogP contribution in [0.15, 0.2) is 24.3 Å². The Morgan fingerprint density at radius 1 is 1.19 bits per heavy atom. The minimum absolute atomic E-state index is 0.0561. The van der Waals surface area contributed by atoms with E-state index in [1.54, 1.807) is 0 Å². The van der Waals surface area contributed by atoms with Crippen molar-refractivity contribution in [1.82, 2.24) is 9.21 Å². The van der Waals surface area contributed by atoms with Gasteiger partial charge in [0, 0.05) is 38.0 Å². The minimum atomic E-state index is -3.15. The van der Waals surface area contributed by atoms with Crippen LogP contribution in [-0.4, -0.2) is 62.6 Å². The average Bonchev–Trinajstić information content (AvgIpc) is 2.65. The third-order valence-corrected chi connectivity index (χ3v) is 6.88. The number of carbonyl (C=O) groups excluding carboxylic acids is 1. The van der Waals surface area contributed by atoms with Crippen LogP contribution in [0, 0.1) is 18.8 Å². The quantitative estimate of drug-likeness (QED) is 0.768. The molecule has 2 saturated heterocycles. The lowest BCUT2D eigenvalue weighted by Gasteiger charge is -2.37. The first-order chi connectivity index (χ1) is 12.8. The van der Waals surface area contributed by atoms with E-state index in [0.717, 1.165) is 31.7 Å². The summed E-state index contributed by atoms with van der Waals surface area (Å²) >= 11 is 0. The number of carbonyl (C=O) groups is 1. The molecule has 1 amide bonds. The number of sulfonamides is 1. The van der Waals surface area contributed by atoms with Crippen molar-refractivity contribution in [3.63, 3.8) is 0 Å². The Morgan fingerprint density at radius 3 is 2.59 bits per heavy atom. The van der Waals surface area contributed by atoms with Gasteiger partial charge in [0.2, 0.25) is 15.9 Å². The zero-order valence-electron chi connectivity index (χ0n) is 16.3. The van der Waals surface area contributed by atoms with E-state index >= 15 is 0 Å². The number of hydrogen-bond acceptors (Lipinski definition) is 4. The van der Waals surface area contributed by atoms with Crippen molar-refractivity contribution >= 4 is 15.9 Å². The Kier molecular flexibility index (Phi) is 6.42. The standard InChI is InChI=1S/C20H30N2O4S/c1-16-5-3-7-19(13-16)26-15-17-6-4-10-21(14-17)20(23)18-8-11-22(12-9-18)27(2,24)25/h3,5,7,13,17-18H,4,6,8-12,14-15H2,1-2H3. The third kappa shape index (κ3) is 5.45. The molecule has 0 bridgehead atoms. The number of aryl methyl sites for hydroxylation is 1. The lowest BCUT2D eigenvalue weighted by Crippen LogP contribution is -2.47. The van der Waals surface area contributed by atoms with Crippen LogP contribution in [0.5, 0.6) is 5.75 Å². The van der Waals surface area contributed by atoms with Crippen molar-refractivity contribution in [2.24, 2.45) is 11.8 Å². The largest absolute Gasteiger partial charge is 0.493 e. The SMILES string of the molecule is Cc1cccc(OCC2CCCN(C(=O)C3CCN(S(C)(=O)=O)CC3)C2)c1. The van der Waals surface area contributed by atoms with Gasteiger partial charge in [0.1, 0.15) is 5.75 Å². The van der Waals surface area contributed by atoms with Crippen LogP contribution in [0.4, 0.5) is 0 Å². The maximum Gasteiger partial charge on any atom is 0.225 e.